The van der Waals surface area contributed by atoms with Crippen molar-refractivity contribution in [2.75, 3.05) is 18.8 Å². The third-order valence-corrected chi connectivity index (χ3v) is 5.18. The molecule has 19 heavy (non-hydrogen) atoms. The number of amides is 1. The van der Waals surface area contributed by atoms with Gasteiger partial charge < -0.3 is 4.90 Å². The molecule has 0 spiro atoms. The van der Waals surface area contributed by atoms with Crippen LogP contribution in [0.4, 0.5) is 0 Å². The Bertz CT molecular complexity index is 530. The predicted molar refractivity (Wildman–Crippen MR) is 74.4 cm³/mol. The van der Waals surface area contributed by atoms with E-state index in [1.54, 1.807) is 10.8 Å². The van der Waals surface area contributed by atoms with E-state index in [-0.39, 0.29) is 5.91 Å². The lowest BCUT2D eigenvalue weighted by atomic mass is 10.2. The van der Waals surface area contributed by atoms with Crippen molar-refractivity contribution >= 4 is 34.0 Å². The van der Waals surface area contributed by atoms with Crippen molar-refractivity contribution in [2.24, 2.45) is 0 Å². The van der Waals surface area contributed by atoms with Crippen LogP contribution in [0.5, 0.6) is 0 Å². The van der Waals surface area contributed by atoms with E-state index in [4.69, 9.17) is 0 Å². The Kier molecular flexibility index (Phi) is 3.97. The molecule has 102 valence electrons. The molecule has 3 heterocycles. The topological polar surface area (TPSA) is 63.4 Å². The first kappa shape index (κ1) is 12.9. The van der Waals surface area contributed by atoms with Crippen LogP contribution >= 0.6 is 23.1 Å². The summed E-state index contributed by atoms with van der Waals surface area (Å²) >= 11 is 2.95. The Morgan fingerprint density at radius 2 is 2.11 bits per heavy atom. The van der Waals surface area contributed by atoms with Crippen molar-refractivity contribution in [1.29, 1.82) is 0 Å². The third-order valence-electron chi connectivity index (χ3n) is 3.15. The molecular weight excluding hydrogens is 282 g/mol. The fourth-order valence-corrected chi connectivity index (χ4v) is 3.90. The summed E-state index contributed by atoms with van der Waals surface area (Å²) in [6, 6.07) is 0. The van der Waals surface area contributed by atoms with Gasteiger partial charge in [-0.15, -0.1) is 15.3 Å². The second kappa shape index (κ2) is 5.87. The number of likely N-dealkylation sites (tertiary alicyclic amines) is 1. The summed E-state index contributed by atoms with van der Waals surface area (Å²) in [5.41, 5.74) is 0. The van der Waals surface area contributed by atoms with Gasteiger partial charge in [0.1, 0.15) is 6.33 Å². The smallest absolute Gasteiger partial charge is 0.235 e. The zero-order valence-corrected chi connectivity index (χ0v) is 12.1. The van der Waals surface area contributed by atoms with Gasteiger partial charge in [-0.25, -0.2) is 0 Å². The fraction of sp³-hybridized carbons (Fsp3) is 0.636. The van der Waals surface area contributed by atoms with E-state index in [0.717, 1.165) is 35.2 Å². The van der Waals surface area contributed by atoms with Crippen molar-refractivity contribution < 1.29 is 4.79 Å². The summed E-state index contributed by atoms with van der Waals surface area (Å²) in [7, 11) is 0. The Morgan fingerprint density at radius 1 is 1.32 bits per heavy atom. The second-order valence-electron chi connectivity index (χ2n) is 4.51. The van der Waals surface area contributed by atoms with Crippen molar-refractivity contribution in [3.63, 3.8) is 0 Å². The highest BCUT2D eigenvalue weighted by atomic mass is 32.2. The van der Waals surface area contributed by atoms with E-state index < -0.39 is 0 Å². The standard InChI is InChI=1S/C11H15N5OS2/c17-9(15-5-3-1-2-4-6-15)7-18-11-14-16-8-12-13-10(16)19-11/h8H,1-7H2. The summed E-state index contributed by atoms with van der Waals surface area (Å²) in [5, 5.41) is 12.0. The highest BCUT2D eigenvalue weighted by Crippen LogP contribution is 2.24. The Balaban J connectivity index is 1.56. The molecule has 0 radical (unpaired) electrons. The van der Waals surface area contributed by atoms with E-state index in [1.165, 1.54) is 35.9 Å². The van der Waals surface area contributed by atoms with Crippen LogP contribution in [0.3, 0.4) is 0 Å². The van der Waals surface area contributed by atoms with Crippen molar-refractivity contribution in [1.82, 2.24) is 24.7 Å². The zero-order valence-electron chi connectivity index (χ0n) is 10.5. The lowest BCUT2D eigenvalue weighted by Crippen LogP contribution is -2.33. The minimum Gasteiger partial charge on any atom is -0.342 e. The zero-order chi connectivity index (χ0) is 13.1. The van der Waals surface area contributed by atoms with Gasteiger partial charge in [-0.2, -0.15) is 4.52 Å². The molecule has 2 aromatic rings. The van der Waals surface area contributed by atoms with Gasteiger partial charge in [0.15, 0.2) is 4.34 Å². The minimum atomic E-state index is 0.220. The molecule has 2 aromatic heterocycles. The molecule has 8 heteroatoms. The average Bonchev–Trinajstić information content (AvgIpc) is 2.87. The maximum atomic E-state index is 12.1. The second-order valence-corrected chi connectivity index (χ2v) is 6.69. The van der Waals surface area contributed by atoms with Crippen LogP contribution in [-0.2, 0) is 4.79 Å². The summed E-state index contributed by atoms with van der Waals surface area (Å²) in [6.45, 7) is 1.81. The summed E-state index contributed by atoms with van der Waals surface area (Å²) in [4.78, 5) is 14.9. The van der Waals surface area contributed by atoms with E-state index in [9.17, 15) is 4.79 Å². The average molecular weight is 297 g/mol. The molecule has 0 aliphatic carbocycles. The molecule has 6 nitrogen and oxygen atoms in total. The van der Waals surface area contributed by atoms with Crippen molar-refractivity contribution in [2.45, 2.75) is 30.0 Å². The molecule has 0 N–H and O–H groups in total. The lowest BCUT2D eigenvalue weighted by molar-refractivity contribution is -0.128. The van der Waals surface area contributed by atoms with Crippen LogP contribution in [0.15, 0.2) is 10.7 Å². The Hall–Kier alpha value is -1.15. The molecule has 1 aliphatic rings. The van der Waals surface area contributed by atoms with E-state index in [1.807, 2.05) is 4.90 Å². The molecule has 0 bridgehead atoms. The molecule has 0 unspecified atom stereocenters. The van der Waals surface area contributed by atoms with Gasteiger partial charge in [0, 0.05) is 13.1 Å². The molecule has 0 aromatic carbocycles. The third kappa shape index (κ3) is 3.06. The Morgan fingerprint density at radius 3 is 2.84 bits per heavy atom. The highest BCUT2D eigenvalue weighted by molar-refractivity contribution is 8.01. The van der Waals surface area contributed by atoms with E-state index in [0.29, 0.717) is 5.75 Å². The first-order valence-electron chi connectivity index (χ1n) is 6.40. The first-order valence-corrected chi connectivity index (χ1v) is 8.20. The molecule has 1 fully saturated rings. The van der Waals surface area contributed by atoms with Gasteiger partial charge in [0.2, 0.25) is 10.9 Å². The number of carbonyl (C=O) groups excluding carboxylic acids is 1. The highest BCUT2D eigenvalue weighted by Gasteiger charge is 2.16. The maximum Gasteiger partial charge on any atom is 0.235 e. The molecular formula is C11H15N5OS2. The SMILES string of the molecule is O=C(CSc1nn2cnnc2s1)N1CCCCCC1. The Labute approximate surface area is 119 Å². The number of rotatable bonds is 3. The van der Waals surface area contributed by atoms with Gasteiger partial charge >= 0.3 is 0 Å². The summed E-state index contributed by atoms with van der Waals surface area (Å²) in [5.74, 6) is 0.683. The predicted octanol–water partition coefficient (Wildman–Crippen LogP) is 1.68. The summed E-state index contributed by atoms with van der Waals surface area (Å²) in [6.07, 6.45) is 6.33. The van der Waals surface area contributed by atoms with Crippen LogP contribution in [0.2, 0.25) is 0 Å². The van der Waals surface area contributed by atoms with Crippen LogP contribution in [-0.4, -0.2) is 49.5 Å². The molecule has 1 amide bonds. The largest absolute Gasteiger partial charge is 0.342 e. The number of carbonyl (C=O) groups is 1. The van der Waals surface area contributed by atoms with E-state index >= 15 is 0 Å². The lowest BCUT2D eigenvalue weighted by Gasteiger charge is -2.19. The van der Waals surface area contributed by atoms with Crippen LogP contribution < -0.4 is 0 Å². The monoisotopic (exact) mass is 297 g/mol. The van der Waals surface area contributed by atoms with Crippen LogP contribution in [0, 0.1) is 0 Å². The maximum absolute atomic E-state index is 12.1. The number of nitrogens with zero attached hydrogens (tertiary/aromatic N) is 5. The number of hydrogen-bond donors (Lipinski definition) is 0. The van der Waals surface area contributed by atoms with Gasteiger partial charge in [0.05, 0.1) is 5.75 Å². The first-order chi connectivity index (χ1) is 9.33. The normalized spacial score (nSPS) is 16.7. The molecule has 1 saturated heterocycles. The number of hydrogen-bond acceptors (Lipinski definition) is 6. The number of thioether (sulfide) groups is 1. The molecule has 1 aliphatic heterocycles. The van der Waals surface area contributed by atoms with Gasteiger partial charge in [-0.1, -0.05) is 35.9 Å². The summed E-state index contributed by atoms with van der Waals surface area (Å²) < 4.78 is 2.51. The van der Waals surface area contributed by atoms with Crippen molar-refractivity contribution in [3.05, 3.63) is 6.33 Å². The van der Waals surface area contributed by atoms with Crippen LogP contribution in [0.1, 0.15) is 25.7 Å². The minimum absolute atomic E-state index is 0.220. The fourth-order valence-electron chi connectivity index (χ4n) is 2.13. The molecule has 0 atom stereocenters. The number of aromatic nitrogens is 4. The quantitative estimate of drug-likeness (QED) is 0.807. The van der Waals surface area contributed by atoms with Crippen LogP contribution in [0.25, 0.3) is 4.96 Å². The molecule has 3 rings (SSSR count). The van der Waals surface area contributed by atoms with Gasteiger partial charge in [-0.3, -0.25) is 4.79 Å². The van der Waals surface area contributed by atoms with Crippen molar-refractivity contribution in [3.8, 4) is 0 Å². The van der Waals surface area contributed by atoms with Gasteiger partial charge in [-0.05, 0) is 12.8 Å². The van der Waals surface area contributed by atoms with Gasteiger partial charge in [0.25, 0.3) is 0 Å². The molecule has 0 saturated carbocycles. The van der Waals surface area contributed by atoms with E-state index in [2.05, 4.69) is 15.3 Å². The number of fused-ring (bicyclic) bond motifs is 1.